The van der Waals surface area contributed by atoms with Crippen molar-refractivity contribution in [3.8, 4) is 0 Å². The third-order valence-corrected chi connectivity index (χ3v) is 6.34. The van der Waals surface area contributed by atoms with Gasteiger partial charge in [0.25, 0.3) is 0 Å². The third kappa shape index (κ3) is 7.18. The summed E-state index contributed by atoms with van der Waals surface area (Å²) in [4.78, 5) is 12.3. The van der Waals surface area contributed by atoms with E-state index in [0.717, 1.165) is 5.56 Å². The van der Waals surface area contributed by atoms with Gasteiger partial charge in [-0.2, -0.15) is 0 Å². The molecule has 27 heavy (non-hydrogen) atoms. The Balaban J connectivity index is 2.02. The normalized spacial score (nSPS) is 12.0. The average Bonchev–Trinajstić information content (AvgIpc) is 2.53. The van der Waals surface area contributed by atoms with Gasteiger partial charge in [-0.1, -0.05) is 35.9 Å². The number of para-hydroxylation sites is 1. The number of amides is 1. The number of anilines is 1. The van der Waals surface area contributed by atoms with Crippen LogP contribution in [0, 0.1) is 0 Å². The van der Waals surface area contributed by atoms with E-state index in [0.29, 0.717) is 10.8 Å². The Labute approximate surface area is 169 Å². The molecule has 146 valence electrons. The first-order valence-electron chi connectivity index (χ1n) is 8.32. The zero-order chi connectivity index (χ0) is 20.1. The van der Waals surface area contributed by atoms with Gasteiger partial charge in [0.05, 0.1) is 11.4 Å². The SMILES string of the molecule is CC(C)(C)NS(=O)(=O)c1ccccc1NC(=O)CSCc1cccc(Cl)c1. The average molecular weight is 427 g/mol. The molecule has 0 aliphatic heterocycles. The van der Waals surface area contributed by atoms with Crippen LogP contribution in [0.3, 0.4) is 0 Å². The molecule has 8 heteroatoms. The number of halogens is 1. The van der Waals surface area contributed by atoms with Gasteiger partial charge in [-0.05, 0) is 50.6 Å². The molecule has 0 aliphatic rings. The van der Waals surface area contributed by atoms with Crippen molar-refractivity contribution in [2.45, 2.75) is 37.0 Å². The van der Waals surface area contributed by atoms with Gasteiger partial charge in [-0.15, -0.1) is 11.8 Å². The molecule has 0 saturated heterocycles. The lowest BCUT2D eigenvalue weighted by Crippen LogP contribution is -2.40. The molecule has 0 aromatic heterocycles. The van der Waals surface area contributed by atoms with E-state index < -0.39 is 15.6 Å². The molecule has 0 bridgehead atoms. The van der Waals surface area contributed by atoms with E-state index >= 15 is 0 Å². The first kappa shape index (κ1) is 21.8. The van der Waals surface area contributed by atoms with Crippen molar-refractivity contribution >= 4 is 45.0 Å². The zero-order valence-corrected chi connectivity index (χ0v) is 17.8. The van der Waals surface area contributed by atoms with Gasteiger partial charge in [-0.3, -0.25) is 4.79 Å². The minimum absolute atomic E-state index is 0.0492. The maximum Gasteiger partial charge on any atom is 0.243 e. The number of hydrogen-bond donors (Lipinski definition) is 2. The summed E-state index contributed by atoms with van der Waals surface area (Å²) in [6, 6.07) is 13.8. The van der Waals surface area contributed by atoms with Crippen LogP contribution in [0.5, 0.6) is 0 Å². The van der Waals surface area contributed by atoms with Crippen molar-refractivity contribution < 1.29 is 13.2 Å². The van der Waals surface area contributed by atoms with E-state index in [4.69, 9.17) is 11.6 Å². The number of benzene rings is 2. The molecule has 0 aliphatic carbocycles. The van der Waals surface area contributed by atoms with Crippen molar-refractivity contribution in [2.24, 2.45) is 0 Å². The van der Waals surface area contributed by atoms with Crippen molar-refractivity contribution in [1.82, 2.24) is 4.72 Å². The van der Waals surface area contributed by atoms with E-state index in [1.54, 1.807) is 45.0 Å². The molecule has 2 rings (SSSR count). The molecule has 0 radical (unpaired) electrons. The van der Waals surface area contributed by atoms with Gasteiger partial charge < -0.3 is 5.32 Å². The maximum absolute atomic E-state index is 12.6. The molecule has 0 atom stereocenters. The van der Waals surface area contributed by atoms with Crippen LogP contribution in [0.2, 0.25) is 5.02 Å². The van der Waals surface area contributed by atoms with Crippen LogP contribution in [0.1, 0.15) is 26.3 Å². The molecular weight excluding hydrogens is 404 g/mol. The van der Waals surface area contributed by atoms with E-state index in [1.807, 2.05) is 18.2 Å². The van der Waals surface area contributed by atoms with Gasteiger partial charge in [0.1, 0.15) is 4.90 Å². The Kier molecular flexibility index (Phi) is 7.33. The number of carbonyl (C=O) groups is 1. The molecule has 1 amide bonds. The van der Waals surface area contributed by atoms with Gasteiger partial charge >= 0.3 is 0 Å². The highest BCUT2D eigenvalue weighted by Gasteiger charge is 2.24. The number of thioether (sulfide) groups is 1. The Bertz CT molecular complexity index is 909. The van der Waals surface area contributed by atoms with E-state index in [9.17, 15) is 13.2 Å². The number of rotatable bonds is 7. The van der Waals surface area contributed by atoms with Crippen molar-refractivity contribution in [2.75, 3.05) is 11.1 Å². The fourth-order valence-electron chi connectivity index (χ4n) is 2.34. The van der Waals surface area contributed by atoms with Crippen LogP contribution in [0.4, 0.5) is 5.69 Å². The minimum Gasteiger partial charge on any atom is -0.324 e. The Morgan fingerprint density at radius 3 is 2.48 bits per heavy atom. The van der Waals surface area contributed by atoms with E-state index in [-0.39, 0.29) is 22.2 Å². The number of sulfonamides is 1. The van der Waals surface area contributed by atoms with E-state index in [2.05, 4.69) is 10.0 Å². The smallest absolute Gasteiger partial charge is 0.243 e. The molecule has 0 fully saturated rings. The molecule has 2 aromatic rings. The highest BCUT2D eigenvalue weighted by atomic mass is 35.5. The largest absolute Gasteiger partial charge is 0.324 e. The van der Waals surface area contributed by atoms with Crippen LogP contribution in [0.15, 0.2) is 53.4 Å². The molecule has 0 saturated carbocycles. The number of carbonyl (C=O) groups excluding carboxylic acids is 1. The second-order valence-corrected chi connectivity index (χ2v) is 10.1. The van der Waals surface area contributed by atoms with Gasteiger partial charge in [0.2, 0.25) is 15.9 Å². The number of nitrogens with one attached hydrogen (secondary N) is 2. The summed E-state index contributed by atoms with van der Waals surface area (Å²) >= 11 is 7.38. The van der Waals surface area contributed by atoms with Crippen LogP contribution in [0.25, 0.3) is 0 Å². The Morgan fingerprint density at radius 1 is 1.11 bits per heavy atom. The van der Waals surface area contributed by atoms with E-state index in [1.165, 1.54) is 17.8 Å². The third-order valence-electron chi connectivity index (χ3n) is 3.28. The van der Waals surface area contributed by atoms with Crippen molar-refractivity contribution in [3.63, 3.8) is 0 Å². The lowest BCUT2D eigenvalue weighted by Gasteiger charge is -2.21. The van der Waals surface area contributed by atoms with Gasteiger partial charge in [0.15, 0.2) is 0 Å². The molecule has 0 unspecified atom stereocenters. The van der Waals surface area contributed by atoms with Crippen LogP contribution in [-0.4, -0.2) is 25.6 Å². The summed E-state index contributed by atoms with van der Waals surface area (Å²) < 4.78 is 27.8. The first-order chi connectivity index (χ1) is 12.6. The first-order valence-corrected chi connectivity index (χ1v) is 11.3. The monoisotopic (exact) mass is 426 g/mol. The molecule has 2 aromatic carbocycles. The lowest BCUT2D eigenvalue weighted by atomic mass is 10.1. The summed E-state index contributed by atoms with van der Waals surface area (Å²) in [6.45, 7) is 5.29. The summed E-state index contributed by atoms with van der Waals surface area (Å²) in [6.07, 6.45) is 0. The summed E-state index contributed by atoms with van der Waals surface area (Å²) in [5, 5.41) is 3.35. The fraction of sp³-hybridized carbons (Fsp3) is 0.316. The second-order valence-electron chi connectivity index (χ2n) is 7.02. The van der Waals surface area contributed by atoms with Crippen LogP contribution >= 0.6 is 23.4 Å². The van der Waals surface area contributed by atoms with Crippen molar-refractivity contribution in [3.05, 3.63) is 59.1 Å². The summed E-state index contributed by atoms with van der Waals surface area (Å²) in [5.41, 5.74) is 0.670. The van der Waals surface area contributed by atoms with Crippen molar-refractivity contribution in [1.29, 1.82) is 0 Å². The van der Waals surface area contributed by atoms with Gasteiger partial charge in [0, 0.05) is 16.3 Å². The van der Waals surface area contributed by atoms with Crippen LogP contribution < -0.4 is 10.0 Å². The highest BCUT2D eigenvalue weighted by molar-refractivity contribution is 7.99. The minimum atomic E-state index is -3.75. The number of hydrogen-bond acceptors (Lipinski definition) is 4. The topological polar surface area (TPSA) is 75.3 Å². The van der Waals surface area contributed by atoms with Gasteiger partial charge in [-0.25, -0.2) is 13.1 Å². The standard InChI is InChI=1S/C19H23ClN2O3S2/c1-19(2,3)22-27(24,25)17-10-5-4-9-16(17)21-18(23)13-26-12-14-7-6-8-15(20)11-14/h4-11,22H,12-13H2,1-3H3,(H,21,23). The predicted octanol–water partition coefficient (Wildman–Crippen LogP) is 4.29. The highest BCUT2D eigenvalue weighted by Crippen LogP contribution is 2.23. The lowest BCUT2D eigenvalue weighted by molar-refractivity contribution is -0.113. The maximum atomic E-state index is 12.6. The zero-order valence-electron chi connectivity index (χ0n) is 15.5. The predicted molar refractivity (Wildman–Crippen MR) is 113 cm³/mol. The molecule has 5 nitrogen and oxygen atoms in total. The second kappa shape index (κ2) is 9.10. The quantitative estimate of drug-likeness (QED) is 0.692. The van der Waals surface area contributed by atoms with Crippen LogP contribution in [-0.2, 0) is 20.6 Å². The summed E-state index contributed by atoms with van der Waals surface area (Å²) in [7, 11) is -3.75. The molecular formula is C19H23ClN2O3S2. The summed E-state index contributed by atoms with van der Waals surface area (Å²) in [5.74, 6) is 0.577. The molecule has 0 spiro atoms. The fourth-order valence-corrected chi connectivity index (χ4v) is 4.91. The molecule has 2 N–H and O–H groups in total. The Hall–Kier alpha value is -1.54. The molecule has 0 heterocycles. The Morgan fingerprint density at radius 2 is 1.81 bits per heavy atom.